The van der Waals surface area contributed by atoms with Crippen molar-refractivity contribution < 1.29 is 27.0 Å². The van der Waals surface area contributed by atoms with Crippen LogP contribution in [-0.4, -0.2) is 45.2 Å². The topological polar surface area (TPSA) is 70.0 Å². The fourth-order valence-corrected chi connectivity index (χ4v) is 5.64. The average molecular weight is 447 g/mol. The molecule has 0 aliphatic carbocycles. The third kappa shape index (κ3) is 3.53. The smallest absolute Gasteiger partial charge is 0.246 e. The zero-order valence-electron chi connectivity index (χ0n) is 17.4. The fourth-order valence-electron chi connectivity index (χ4n) is 4.00. The molecule has 0 saturated carbocycles. The molecule has 0 N–H and O–H groups in total. The standard InChI is InChI=1S/C22H23FN2O5S/c1-28-18-13-15(14-19(29-2)22(18)30-3)21-17-8-6-10-24(17)11-12-25(21)31(26,27)20-9-5-4-7-16(20)23/h4-10,13-14,21H,11-12H2,1-3H3. The second kappa shape index (κ2) is 8.24. The van der Waals surface area contributed by atoms with Gasteiger partial charge in [-0.25, -0.2) is 12.8 Å². The summed E-state index contributed by atoms with van der Waals surface area (Å²) in [6.45, 7) is 0.636. The largest absolute Gasteiger partial charge is 0.493 e. The Balaban J connectivity index is 1.92. The van der Waals surface area contributed by atoms with E-state index in [1.165, 1.54) is 43.8 Å². The van der Waals surface area contributed by atoms with Crippen molar-refractivity contribution in [3.05, 3.63) is 71.8 Å². The Bertz CT molecular complexity index is 1180. The van der Waals surface area contributed by atoms with E-state index in [1.54, 1.807) is 12.1 Å². The minimum absolute atomic E-state index is 0.180. The van der Waals surface area contributed by atoms with Crippen molar-refractivity contribution in [3.63, 3.8) is 0 Å². The molecule has 164 valence electrons. The Hall–Kier alpha value is -3.04. The van der Waals surface area contributed by atoms with E-state index < -0.39 is 21.9 Å². The maximum absolute atomic E-state index is 14.5. The Morgan fingerprint density at radius 2 is 1.61 bits per heavy atom. The van der Waals surface area contributed by atoms with Crippen LogP contribution >= 0.6 is 0 Å². The van der Waals surface area contributed by atoms with Crippen LogP contribution in [-0.2, 0) is 16.6 Å². The first-order valence-electron chi connectivity index (χ1n) is 9.63. The van der Waals surface area contributed by atoms with Crippen molar-refractivity contribution in [2.24, 2.45) is 0 Å². The summed E-state index contributed by atoms with van der Waals surface area (Å²) in [5.74, 6) is 0.433. The van der Waals surface area contributed by atoms with Crippen LogP contribution in [0.25, 0.3) is 0 Å². The summed E-state index contributed by atoms with van der Waals surface area (Å²) in [4.78, 5) is -0.354. The molecule has 2 heterocycles. The van der Waals surface area contributed by atoms with Crippen molar-refractivity contribution >= 4 is 10.0 Å². The normalized spacial score (nSPS) is 16.6. The van der Waals surface area contributed by atoms with Gasteiger partial charge in [0.1, 0.15) is 10.7 Å². The lowest BCUT2D eigenvalue weighted by molar-refractivity contribution is 0.292. The molecule has 2 aromatic carbocycles. The summed E-state index contributed by atoms with van der Waals surface area (Å²) in [5.41, 5.74) is 1.38. The number of nitrogens with zero attached hydrogens (tertiary/aromatic N) is 2. The zero-order chi connectivity index (χ0) is 22.2. The molecule has 0 saturated heterocycles. The third-order valence-corrected chi connectivity index (χ3v) is 7.32. The van der Waals surface area contributed by atoms with Crippen LogP contribution in [0, 0.1) is 5.82 Å². The lowest BCUT2D eigenvalue weighted by Crippen LogP contribution is -2.42. The molecule has 0 bridgehead atoms. The highest BCUT2D eigenvalue weighted by Gasteiger charge is 2.39. The van der Waals surface area contributed by atoms with Crippen LogP contribution < -0.4 is 14.2 Å². The highest BCUT2D eigenvalue weighted by molar-refractivity contribution is 7.89. The van der Waals surface area contributed by atoms with Gasteiger partial charge in [0.2, 0.25) is 15.8 Å². The van der Waals surface area contributed by atoms with Gasteiger partial charge in [-0.05, 0) is 42.0 Å². The molecule has 4 rings (SSSR count). The predicted molar refractivity (Wildman–Crippen MR) is 113 cm³/mol. The molecule has 0 radical (unpaired) electrons. The van der Waals surface area contributed by atoms with Crippen LogP contribution in [0.3, 0.4) is 0 Å². The summed E-state index contributed by atoms with van der Waals surface area (Å²) in [5, 5.41) is 0. The summed E-state index contributed by atoms with van der Waals surface area (Å²) in [7, 11) is 0.364. The van der Waals surface area contributed by atoms with Gasteiger partial charge in [0, 0.05) is 25.0 Å². The van der Waals surface area contributed by atoms with Crippen LogP contribution in [0.4, 0.5) is 4.39 Å². The highest BCUT2D eigenvalue weighted by Crippen LogP contribution is 2.44. The molecule has 31 heavy (non-hydrogen) atoms. The first-order chi connectivity index (χ1) is 14.9. The number of hydrogen-bond donors (Lipinski definition) is 0. The van der Waals surface area contributed by atoms with Crippen LogP contribution in [0.1, 0.15) is 17.3 Å². The van der Waals surface area contributed by atoms with E-state index >= 15 is 0 Å². The maximum Gasteiger partial charge on any atom is 0.246 e. The van der Waals surface area contributed by atoms with Gasteiger partial charge in [-0.15, -0.1) is 0 Å². The number of fused-ring (bicyclic) bond motifs is 1. The van der Waals surface area contributed by atoms with Crippen LogP contribution in [0.5, 0.6) is 17.2 Å². The second-order valence-electron chi connectivity index (χ2n) is 7.03. The highest BCUT2D eigenvalue weighted by atomic mass is 32.2. The number of methoxy groups -OCH3 is 3. The van der Waals surface area contributed by atoms with Crippen molar-refractivity contribution in [2.75, 3.05) is 27.9 Å². The van der Waals surface area contributed by atoms with E-state index in [2.05, 4.69) is 0 Å². The van der Waals surface area contributed by atoms with Gasteiger partial charge in [0.05, 0.1) is 27.4 Å². The zero-order valence-corrected chi connectivity index (χ0v) is 18.2. The first-order valence-corrected chi connectivity index (χ1v) is 11.1. The molecule has 3 aromatic rings. The van der Waals surface area contributed by atoms with E-state index in [0.717, 1.165) is 11.8 Å². The molecule has 1 aliphatic rings. The predicted octanol–water partition coefficient (Wildman–Crippen LogP) is 3.45. The monoisotopic (exact) mass is 446 g/mol. The molecular formula is C22H23FN2O5S. The number of hydrogen-bond acceptors (Lipinski definition) is 5. The molecule has 0 spiro atoms. The molecule has 0 fully saturated rings. The molecule has 9 heteroatoms. The van der Waals surface area contributed by atoms with Gasteiger partial charge < -0.3 is 18.8 Å². The molecule has 1 aromatic heterocycles. The van der Waals surface area contributed by atoms with Gasteiger partial charge >= 0.3 is 0 Å². The van der Waals surface area contributed by atoms with E-state index in [9.17, 15) is 12.8 Å². The third-order valence-electron chi connectivity index (χ3n) is 5.42. The summed E-state index contributed by atoms with van der Waals surface area (Å²) >= 11 is 0. The maximum atomic E-state index is 14.5. The average Bonchev–Trinajstić information content (AvgIpc) is 3.26. The lowest BCUT2D eigenvalue weighted by atomic mass is 10.0. The Morgan fingerprint density at radius 1 is 0.935 bits per heavy atom. The molecule has 0 amide bonds. The molecular weight excluding hydrogens is 423 g/mol. The minimum atomic E-state index is -4.13. The van der Waals surface area contributed by atoms with Gasteiger partial charge in [-0.2, -0.15) is 4.31 Å². The number of aromatic nitrogens is 1. The van der Waals surface area contributed by atoms with E-state index in [-0.39, 0.29) is 11.4 Å². The summed E-state index contributed by atoms with van der Waals surface area (Å²) in [6, 6.07) is 11.9. The quantitative estimate of drug-likeness (QED) is 0.580. The van der Waals surface area contributed by atoms with Crippen molar-refractivity contribution in [2.45, 2.75) is 17.5 Å². The van der Waals surface area contributed by atoms with E-state index in [4.69, 9.17) is 14.2 Å². The van der Waals surface area contributed by atoms with E-state index in [0.29, 0.717) is 29.4 Å². The lowest BCUT2D eigenvalue weighted by Gasteiger charge is -2.36. The van der Waals surface area contributed by atoms with Gasteiger partial charge in [0.25, 0.3) is 0 Å². The Morgan fingerprint density at radius 3 is 2.23 bits per heavy atom. The Kier molecular flexibility index (Phi) is 5.63. The Labute approximate surface area is 180 Å². The van der Waals surface area contributed by atoms with Gasteiger partial charge in [-0.1, -0.05) is 12.1 Å². The fraction of sp³-hybridized carbons (Fsp3) is 0.273. The summed E-state index contributed by atoms with van der Waals surface area (Å²) in [6.07, 6.45) is 1.90. The van der Waals surface area contributed by atoms with Crippen LogP contribution in [0.15, 0.2) is 59.6 Å². The molecule has 1 aliphatic heterocycles. The molecule has 7 nitrogen and oxygen atoms in total. The molecule has 1 unspecified atom stereocenters. The first kappa shape index (κ1) is 21.2. The number of halogens is 1. The van der Waals surface area contributed by atoms with Crippen molar-refractivity contribution in [3.8, 4) is 17.2 Å². The van der Waals surface area contributed by atoms with Crippen LogP contribution in [0.2, 0.25) is 0 Å². The van der Waals surface area contributed by atoms with E-state index in [1.807, 2.05) is 22.9 Å². The summed E-state index contributed by atoms with van der Waals surface area (Å²) < 4.78 is 61.2. The number of rotatable bonds is 6. The molecule has 1 atom stereocenters. The number of ether oxygens (including phenoxy) is 3. The second-order valence-corrected chi connectivity index (χ2v) is 8.89. The minimum Gasteiger partial charge on any atom is -0.493 e. The van der Waals surface area contributed by atoms with Crippen molar-refractivity contribution in [1.29, 1.82) is 0 Å². The van der Waals surface area contributed by atoms with Crippen molar-refractivity contribution in [1.82, 2.24) is 8.87 Å². The SMILES string of the molecule is COc1cc(C2c3cccn3CCN2S(=O)(=O)c2ccccc2F)cc(OC)c1OC. The number of sulfonamides is 1. The number of benzene rings is 2. The van der Waals surface area contributed by atoms with Gasteiger partial charge in [-0.3, -0.25) is 0 Å². The van der Waals surface area contributed by atoms with Gasteiger partial charge in [0.15, 0.2) is 11.5 Å².